The van der Waals surface area contributed by atoms with Crippen molar-refractivity contribution in [2.24, 2.45) is 0 Å². The zero-order chi connectivity index (χ0) is 20.0. The quantitative estimate of drug-likeness (QED) is 0.554. The van der Waals surface area contributed by atoms with Crippen LogP contribution in [0.4, 0.5) is 5.82 Å². The Hall–Kier alpha value is -2.64. The van der Waals surface area contributed by atoms with Crippen LogP contribution in [0.2, 0.25) is 10.0 Å². The van der Waals surface area contributed by atoms with Gasteiger partial charge in [-0.15, -0.1) is 0 Å². The first-order valence-electron chi connectivity index (χ1n) is 7.77. The number of Topliss-reactive ketones (excluding diaryl/α,β-unsaturated/α-hetero) is 1. The number of esters is 1. The number of anilines is 1. The average Bonchev–Trinajstić information content (AvgIpc) is 2.65. The van der Waals surface area contributed by atoms with Gasteiger partial charge in [0.15, 0.2) is 24.8 Å². The molecule has 0 spiro atoms. The van der Waals surface area contributed by atoms with Gasteiger partial charge in [-0.2, -0.15) is 0 Å². The molecule has 1 heterocycles. The number of rotatable bonds is 7. The Balaban J connectivity index is 1.79. The zero-order valence-electron chi connectivity index (χ0n) is 14.5. The van der Waals surface area contributed by atoms with Gasteiger partial charge in [0.25, 0.3) is 5.91 Å². The van der Waals surface area contributed by atoms with Crippen molar-refractivity contribution in [1.29, 1.82) is 0 Å². The fraction of sp³-hybridized carbons (Fsp3) is 0.222. The van der Waals surface area contributed by atoms with Crippen LogP contribution in [0.5, 0.6) is 5.75 Å². The van der Waals surface area contributed by atoms with Crippen LogP contribution >= 0.6 is 23.2 Å². The molecule has 0 saturated carbocycles. The predicted octanol–water partition coefficient (Wildman–Crippen LogP) is 3.46. The molecular formula is C18H16Cl2N2O5. The van der Waals surface area contributed by atoms with E-state index in [9.17, 15) is 14.4 Å². The molecule has 2 aromatic rings. The Morgan fingerprint density at radius 2 is 1.78 bits per heavy atom. The normalized spacial score (nSPS) is 10.2. The van der Waals surface area contributed by atoms with E-state index in [1.54, 1.807) is 31.2 Å². The van der Waals surface area contributed by atoms with E-state index in [2.05, 4.69) is 10.3 Å². The third-order valence-corrected chi connectivity index (χ3v) is 4.29. The Morgan fingerprint density at radius 1 is 1.11 bits per heavy atom. The van der Waals surface area contributed by atoms with Gasteiger partial charge >= 0.3 is 5.97 Å². The average molecular weight is 411 g/mol. The molecule has 0 fully saturated rings. The van der Waals surface area contributed by atoms with Crippen molar-refractivity contribution in [1.82, 2.24) is 4.98 Å². The number of nitrogens with one attached hydrogen (secondary N) is 1. The van der Waals surface area contributed by atoms with Crippen LogP contribution in [0, 0.1) is 6.92 Å². The van der Waals surface area contributed by atoms with Crippen molar-refractivity contribution < 1.29 is 23.9 Å². The number of carbonyl (C=O) groups excluding carboxylic acids is 3. The van der Waals surface area contributed by atoms with Gasteiger partial charge in [-0.25, -0.2) is 9.78 Å². The number of pyridine rings is 1. The third-order valence-electron chi connectivity index (χ3n) is 3.44. The fourth-order valence-corrected chi connectivity index (χ4v) is 2.32. The molecule has 0 atom stereocenters. The molecule has 1 amide bonds. The number of aromatic nitrogens is 1. The van der Waals surface area contributed by atoms with Gasteiger partial charge in [0.1, 0.15) is 5.75 Å². The highest BCUT2D eigenvalue weighted by Crippen LogP contribution is 2.28. The SMILES string of the molecule is CC(=O)c1ccc(OCC(=O)OCC(=O)Nc2ncc(Cl)c(C)c2Cl)cc1. The van der Waals surface area contributed by atoms with E-state index in [1.165, 1.54) is 13.1 Å². The molecule has 0 aliphatic carbocycles. The standard InChI is InChI=1S/C18H16Cl2N2O5/c1-10-14(19)7-21-18(17(10)20)22-15(24)8-27-16(25)9-26-13-5-3-12(4-6-13)11(2)23/h3-7H,8-9H2,1-2H3,(H,21,22,24). The number of carbonyl (C=O) groups is 3. The van der Waals surface area contributed by atoms with E-state index in [1.807, 2.05) is 0 Å². The molecule has 0 aliphatic heterocycles. The minimum Gasteiger partial charge on any atom is -0.482 e. The smallest absolute Gasteiger partial charge is 0.344 e. The number of hydrogen-bond donors (Lipinski definition) is 1. The summed E-state index contributed by atoms with van der Waals surface area (Å²) in [4.78, 5) is 38.6. The molecule has 0 radical (unpaired) electrons. The Morgan fingerprint density at radius 3 is 2.41 bits per heavy atom. The molecule has 2 rings (SSSR count). The summed E-state index contributed by atoms with van der Waals surface area (Å²) in [6, 6.07) is 6.29. The summed E-state index contributed by atoms with van der Waals surface area (Å²) < 4.78 is 10.1. The number of halogens is 2. The van der Waals surface area contributed by atoms with E-state index >= 15 is 0 Å². The van der Waals surface area contributed by atoms with E-state index in [4.69, 9.17) is 32.7 Å². The summed E-state index contributed by atoms with van der Waals surface area (Å²) in [5, 5.41) is 3.01. The molecule has 0 aliphatic rings. The lowest BCUT2D eigenvalue weighted by molar-refractivity contribution is -0.149. The number of ketones is 1. The van der Waals surface area contributed by atoms with Gasteiger partial charge in [0, 0.05) is 11.8 Å². The molecule has 142 valence electrons. The minimum atomic E-state index is -0.730. The number of nitrogens with zero attached hydrogens (tertiary/aromatic N) is 1. The maximum Gasteiger partial charge on any atom is 0.344 e. The molecule has 0 unspecified atom stereocenters. The molecule has 9 heteroatoms. The first-order valence-corrected chi connectivity index (χ1v) is 8.53. The highest BCUT2D eigenvalue weighted by atomic mass is 35.5. The van der Waals surface area contributed by atoms with Gasteiger partial charge in [-0.1, -0.05) is 23.2 Å². The summed E-state index contributed by atoms with van der Waals surface area (Å²) in [5.74, 6) is -0.884. The monoisotopic (exact) mass is 410 g/mol. The lowest BCUT2D eigenvalue weighted by Crippen LogP contribution is -2.24. The molecule has 0 saturated heterocycles. The molecule has 1 N–H and O–H groups in total. The Kier molecular flexibility index (Phi) is 7.15. The molecule has 1 aromatic carbocycles. The summed E-state index contributed by atoms with van der Waals surface area (Å²) in [5.41, 5.74) is 1.11. The second-order valence-electron chi connectivity index (χ2n) is 5.47. The summed E-state index contributed by atoms with van der Waals surface area (Å²) in [6.07, 6.45) is 1.36. The lowest BCUT2D eigenvalue weighted by Gasteiger charge is -2.10. The third kappa shape index (κ3) is 5.94. The van der Waals surface area contributed by atoms with Crippen LogP contribution in [-0.4, -0.2) is 35.9 Å². The van der Waals surface area contributed by atoms with E-state index in [-0.39, 0.29) is 23.2 Å². The molecule has 27 heavy (non-hydrogen) atoms. The van der Waals surface area contributed by atoms with Crippen LogP contribution in [0.15, 0.2) is 30.5 Å². The largest absolute Gasteiger partial charge is 0.482 e. The van der Waals surface area contributed by atoms with Crippen molar-refractivity contribution in [3.8, 4) is 5.75 Å². The Bertz CT molecular complexity index is 869. The van der Waals surface area contributed by atoms with Gasteiger partial charge in [0.05, 0.1) is 10.0 Å². The second-order valence-corrected chi connectivity index (χ2v) is 6.26. The first kappa shape index (κ1) is 20.7. The van der Waals surface area contributed by atoms with Crippen molar-refractivity contribution >= 4 is 46.7 Å². The number of amides is 1. The lowest BCUT2D eigenvalue weighted by atomic mass is 10.1. The van der Waals surface area contributed by atoms with Crippen LogP contribution < -0.4 is 10.1 Å². The van der Waals surface area contributed by atoms with Crippen molar-refractivity contribution in [3.05, 3.63) is 51.6 Å². The van der Waals surface area contributed by atoms with Crippen LogP contribution in [0.25, 0.3) is 0 Å². The zero-order valence-corrected chi connectivity index (χ0v) is 16.1. The maximum atomic E-state index is 11.8. The molecule has 1 aromatic heterocycles. The van der Waals surface area contributed by atoms with E-state index in [0.29, 0.717) is 21.9 Å². The highest BCUT2D eigenvalue weighted by Gasteiger charge is 2.13. The van der Waals surface area contributed by atoms with Gasteiger partial charge < -0.3 is 14.8 Å². The Labute approximate surface area is 165 Å². The molecule has 7 nitrogen and oxygen atoms in total. The van der Waals surface area contributed by atoms with E-state index < -0.39 is 18.5 Å². The molecule has 0 bridgehead atoms. The predicted molar refractivity (Wildman–Crippen MR) is 101 cm³/mol. The minimum absolute atomic E-state index is 0.0718. The molecular weight excluding hydrogens is 395 g/mol. The second kappa shape index (κ2) is 9.34. The number of hydrogen-bond acceptors (Lipinski definition) is 6. The fourth-order valence-electron chi connectivity index (χ4n) is 1.93. The summed E-state index contributed by atoms with van der Waals surface area (Å²) in [6.45, 7) is 2.23. The summed E-state index contributed by atoms with van der Waals surface area (Å²) >= 11 is 11.9. The van der Waals surface area contributed by atoms with Gasteiger partial charge in [-0.05, 0) is 43.7 Å². The van der Waals surface area contributed by atoms with Crippen LogP contribution in [0.1, 0.15) is 22.8 Å². The highest BCUT2D eigenvalue weighted by molar-refractivity contribution is 6.37. The van der Waals surface area contributed by atoms with Gasteiger partial charge in [-0.3, -0.25) is 9.59 Å². The first-order chi connectivity index (χ1) is 12.8. The number of benzene rings is 1. The summed E-state index contributed by atoms with van der Waals surface area (Å²) in [7, 11) is 0. The van der Waals surface area contributed by atoms with Crippen molar-refractivity contribution in [3.63, 3.8) is 0 Å². The van der Waals surface area contributed by atoms with Crippen molar-refractivity contribution in [2.75, 3.05) is 18.5 Å². The van der Waals surface area contributed by atoms with Crippen LogP contribution in [-0.2, 0) is 14.3 Å². The topological polar surface area (TPSA) is 94.6 Å². The van der Waals surface area contributed by atoms with E-state index in [0.717, 1.165) is 0 Å². The van der Waals surface area contributed by atoms with Crippen LogP contribution in [0.3, 0.4) is 0 Å². The number of ether oxygens (including phenoxy) is 2. The maximum absolute atomic E-state index is 11.8. The van der Waals surface area contributed by atoms with Gasteiger partial charge in [0.2, 0.25) is 0 Å². The van der Waals surface area contributed by atoms with Crippen molar-refractivity contribution in [2.45, 2.75) is 13.8 Å².